The molecule has 0 unspecified atom stereocenters. The molecule has 0 fully saturated rings. The number of rotatable bonds is 7. The molecule has 1 heterocycles. The summed E-state index contributed by atoms with van der Waals surface area (Å²) in [4.78, 5) is 13.9. The standard InChI is InChI=1S/C18H20ClNO3S/c1-4-23-16-10-13(9-15(19)18(16)22-3)5-6-17(21)20(2)11-14-7-8-24-12-14/h5-10,12H,4,11H2,1-3H3. The van der Waals surface area contributed by atoms with Crippen molar-refractivity contribution in [3.05, 3.63) is 51.2 Å². The maximum Gasteiger partial charge on any atom is 0.246 e. The largest absolute Gasteiger partial charge is 0.491 e. The second-order valence-electron chi connectivity index (χ2n) is 5.13. The minimum Gasteiger partial charge on any atom is -0.491 e. The quantitative estimate of drug-likeness (QED) is 0.679. The molecular formula is C18H20ClNO3S. The van der Waals surface area contributed by atoms with Crippen LogP contribution in [0.5, 0.6) is 11.5 Å². The number of methoxy groups -OCH3 is 1. The third kappa shape index (κ3) is 4.76. The predicted octanol–water partition coefficient (Wildman–Crippen LogP) is 4.48. The first-order chi connectivity index (χ1) is 11.5. The molecule has 0 aliphatic rings. The topological polar surface area (TPSA) is 38.8 Å². The van der Waals surface area contributed by atoms with E-state index in [4.69, 9.17) is 21.1 Å². The number of amides is 1. The first kappa shape index (κ1) is 18.4. The second-order valence-corrected chi connectivity index (χ2v) is 6.31. The predicted molar refractivity (Wildman–Crippen MR) is 99.0 cm³/mol. The molecule has 1 aromatic carbocycles. The van der Waals surface area contributed by atoms with Gasteiger partial charge in [0.25, 0.3) is 0 Å². The van der Waals surface area contributed by atoms with E-state index in [0.717, 1.165) is 11.1 Å². The number of benzene rings is 1. The van der Waals surface area contributed by atoms with Gasteiger partial charge in [-0.1, -0.05) is 11.6 Å². The Labute approximate surface area is 151 Å². The van der Waals surface area contributed by atoms with Gasteiger partial charge in [0.1, 0.15) is 0 Å². The van der Waals surface area contributed by atoms with Crippen LogP contribution in [0.2, 0.25) is 5.02 Å². The fraction of sp³-hybridized carbons (Fsp3) is 0.278. The number of nitrogens with zero attached hydrogens (tertiary/aromatic N) is 1. The molecule has 2 rings (SSSR count). The summed E-state index contributed by atoms with van der Waals surface area (Å²) in [5.74, 6) is 0.980. The van der Waals surface area contributed by atoms with Crippen molar-refractivity contribution in [2.45, 2.75) is 13.5 Å². The summed E-state index contributed by atoms with van der Waals surface area (Å²) in [5, 5.41) is 4.48. The summed E-state index contributed by atoms with van der Waals surface area (Å²) >= 11 is 7.83. The van der Waals surface area contributed by atoms with E-state index in [9.17, 15) is 4.79 Å². The molecule has 24 heavy (non-hydrogen) atoms. The Balaban J connectivity index is 2.11. The molecule has 0 bridgehead atoms. The number of halogens is 1. The smallest absolute Gasteiger partial charge is 0.246 e. The van der Waals surface area contributed by atoms with Crippen molar-refractivity contribution in [1.82, 2.24) is 4.90 Å². The van der Waals surface area contributed by atoms with Gasteiger partial charge in [0.05, 0.1) is 18.7 Å². The zero-order valence-electron chi connectivity index (χ0n) is 13.9. The Morgan fingerprint density at radius 1 is 1.42 bits per heavy atom. The third-order valence-electron chi connectivity index (χ3n) is 3.33. The average Bonchev–Trinajstić information content (AvgIpc) is 3.05. The highest BCUT2D eigenvalue weighted by molar-refractivity contribution is 7.07. The van der Waals surface area contributed by atoms with E-state index < -0.39 is 0 Å². The van der Waals surface area contributed by atoms with E-state index >= 15 is 0 Å². The molecule has 0 aliphatic heterocycles. The van der Waals surface area contributed by atoms with Crippen LogP contribution >= 0.6 is 22.9 Å². The Morgan fingerprint density at radius 2 is 2.21 bits per heavy atom. The Morgan fingerprint density at radius 3 is 2.83 bits per heavy atom. The van der Waals surface area contributed by atoms with Gasteiger partial charge in [0, 0.05) is 19.7 Å². The van der Waals surface area contributed by atoms with E-state index in [1.807, 2.05) is 23.8 Å². The van der Waals surface area contributed by atoms with Gasteiger partial charge < -0.3 is 14.4 Å². The van der Waals surface area contributed by atoms with E-state index in [1.165, 1.54) is 6.08 Å². The van der Waals surface area contributed by atoms with Crippen LogP contribution in [0.3, 0.4) is 0 Å². The maximum absolute atomic E-state index is 12.2. The molecule has 0 N–H and O–H groups in total. The molecule has 0 radical (unpaired) electrons. The van der Waals surface area contributed by atoms with Crippen molar-refractivity contribution in [3.63, 3.8) is 0 Å². The molecule has 1 amide bonds. The van der Waals surface area contributed by atoms with Crippen molar-refractivity contribution in [2.75, 3.05) is 20.8 Å². The number of ether oxygens (including phenoxy) is 2. The van der Waals surface area contributed by atoms with Crippen LogP contribution in [-0.2, 0) is 11.3 Å². The number of carbonyl (C=O) groups excluding carboxylic acids is 1. The summed E-state index contributed by atoms with van der Waals surface area (Å²) in [6, 6.07) is 5.55. The van der Waals surface area contributed by atoms with E-state index in [-0.39, 0.29) is 5.91 Å². The van der Waals surface area contributed by atoms with Crippen molar-refractivity contribution in [3.8, 4) is 11.5 Å². The van der Waals surface area contributed by atoms with Gasteiger partial charge in [0.2, 0.25) is 5.91 Å². The van der Waals surface area contributed by atoms with Gasteiger partial charge in [-0.05, 0) is 53.1 Å². The van der Waals surface area contributed by atoms with Crippen molar-refractivity contribution in [2.24, 2.45) is 0 Å². The second kappa shape index (κ2) is 8.76. The number of likely N-dealkylation sites (N-methyl/N-ethyl adjacent to an activating group) is 1. The molecule has 6 heteroatoms. The SMILES string of the molecule is CCOc1cc(C=CC(=O)N(C)Cc2ccsc2)cc(Cl)c1OC. The molecule has 4 nitrogen and oxygen atoms in total. The first-order valence-corrected chi connectivity index (χ1v) is 8.81. The zero-order valence-corrected chi connectivity index (χ0v) is 15.5. The summed E-state index contributed by atoms with van der Waals surface area (Å²) in [6.45, 7) is 2.97. The lowest BCUT2D eigenvalue weighted by Crippen LogP contribution is -2.23. The van der Waals surface area contributed by atoms with Gasteiger partial charge in [-0.15, -0.1) is 0 Å². The van der Waals surface area contributed by atoms with Crippen LogP contribution in [0.15, 0.2) is 35.0 Å². The highest BCUT2D eigenvalue weighted by Gasteiger charge is 2.11. The van der Waals surface area contributed by atoms with E-state index in [1.54, 1.807) is 48.6 Å². The maximum atomic E-state index is 12.2. The van der Waals surface area contributed by atoms with Crippen LogP contribution in [0.4, 0.5) is 0 Å². The summed E-state index contributed by atoms with van der Waals surface area (Å²) in [5.41, 5.74) is 1.90. The molecule has 0 atom stereocenters. The van der Waals surface area contributed by atoms with Gasteiger partial charge >= 0.3 is 0 Å². The normalized spacial score (nSPS) is 10.8. The van der Waals surface area contributed by atoms with Gasteiger partial charge in [-0.3, -0.25) is 4.79 Å². The van der Waals surface area contributed by atoms with Gasteiger partial charge in [0.15, 0.2) is 11.5 Å². The average molecular weight is 366 g/mol. The van der Waals surface area contributed by atoms with Crippen molar-refractivity contribution in [1.29, 1.82) is 0 Å². The minimum absolute atomic E-state index is 0.0777. The van der Waals surface area contributed by atoms with E-state index in [0.29, 0.717) is 29.7 Å². The van der Waals surface area contributed by atoms with E-state index in [2.05, 4.69) is 0 Å². The first-order valence-electron chi connectivity index (χ1n) is 7.49. The minimum atomic E-state index is -0.0777. The zero-order chi connectivity index (χ0) is 17.5. The molecule has 2 aromatic rings. The van der Waals surface area contributed by atoms with Crippen LogP contribution in [0, 0.1) is 0 Å². The molecule has 0 aliphatic carbocycles. The number of hydrogen-bond acceptors (Lipinski definition) is 4. The summed E-state index contributed by atoms with van der Waals surface area (Å²) < 4.78 is 10.8. The third-order valence-corrected chi connectivity index (χ3v) is 4.34. The van der Waals surface area contributed by atoms with Crippen molar-refractivity contribution >= 4 is 34.9 Å². The molecular weight excluding hydrogens is 346 g/mol. The lowest BCUT2D eigenvalue weighted by Gasteiger charge is -2.14. The van der Waals surface area contributed by atoms with Crippen LogP contribution in [-0.4, -0.2) is 31.6 Å². The molecule has 1 aromatic heterocycles. The summed E-state index contributed by atoms with van der Waals surface area (Å²) in [6.07, 6.45) is 3.25. The molecule has 0 saturated carbocycles. The number of hydrogen-bond donors (Lipinski definition) is 0. The van der Waals surface area contributed by atoms with Crippen LogP contribution in [0.1, 0.15) is 18.1 Å². The highest BCUT2D eigenvalue weighted by atomic mass is 35.5. The van der Waals surface area contributed by atoms with Crippen molar-refractivity contribution < 1.29 is 14.3 Å². The monoisotopic (exact) mass is 365 g/mol. The number of thiophene rings is 1. The summed E-state index contributed by atoms with van der Waals surface area (Å²) in [7, 11) is 3.32. The fourth-order valence-electron chi connectivity index (χ4n) is 2.17. The lowest BCUT2D eigenvalue weighted by molar-refractivity contribution is -0.125. The lowest BCUT2D eigenvalue weighted by atomic mass is 10.2. The van der Waals surface area contributed by atoms with Crippen LogP contribution in [0.25, 0.3) is 6.08 Å². The Kier molecular flexibility index (Phi) is 6.70. The molecule has 0 spiro atoms. The number of carbonyl (C=O) groups is 1. The Bertz CT molecular complexity index is 713. The molecule has 0 saturated heterocycles. The highest BCUT2D eigenvalue weighted by Crippen LogP contribution is 2.36. The van der Waals surface area contributed by atoms with Gasteiger partial charge in [-0.2, -0.15) is 11.3 Å². The Hall–Kier alpha value is -1.98. The fourth-order valence-corrected chi connectivity index (χ4v) is 3.13. The van der Waals surface area contributed by atoms with Crippen LogP contribution < -0.4 is 9.47 Å². The molecule has 128 valence electrons. The van der Waals surface area contributed by atoms with Gasteiger partial charge in [-0.25, -0.2) is 0 Å².